The van der Waals surface area contributed by atoms with Gasteiger partial charge in [-0.25, -0.2) is 4.39 Å². The summed E-state index contributed by atoms with van der Waals surface area (Å²) in [6.45, 7) is 6.07. The second-order valence-electron chi connectivity index (χ2n) is 4.81. The van der Waals surface area contributed by atoms with E-state index < -0.39 is 0 Å². The Hall–Kier alpha value is -2.16. The standard InChI is InChI=1S/C17H18FNO/c1-4-19(15-7-5-6-12(2)10-15)17-9-8-14(13(3)20)11-16(17)18/h5-11H,4H2,1-3H3. The molecule has 2 rings (SSSR count). The predicted molar refractivity (Wildman–Crippen MR) is 80.3 cm³/mol. The molecule has 0 aromatic heterocycles. The van der Waals surface area contributed by atoms with E-state index in [0.717, 1.165) is 11.3 Å². The van der Waals surface area contributed by atoms with Crippen LogP contribution >= 0.6 is 0 Å². The third-order valence-electron chi connectivity index (χ3n) is 3.27. The van der Waals surface area contributed by atoms with E-state index in [9.17, 15) is 9.18 Å². The maximum atomic E-state index is 14.2. The smallest absolute Gasteiger partial charge is 0.159 e. The van der Waals surface area contributed by atoms with Crippen molar-refractivity contribution in [3.05, 3.63) is 59.4 Å². The van der Waals surface area contributed by atoms with Gasteiger partial charge in [-0.05, 0) is 56.7 Å². The van der Waals surface area contributed by atoms with E-state index in [0.29, 0.717) is 17.8 Å². The molecule has 20 heavy (non-hydrogen) atoms. The van der Waals surface area contributed by atoms with Crippen LogP contribution in [0.25, 0.3) is 0 Å². The molecule has 0 saturated carbocycles. The van der Waals surface area contributed by atoms with Crippen LogP contribution in [-0.4, -0.2) is 12.3 Å². The monoisotopic (exact) mass is 271 g/mol. The number of aryl methyl sites for hydroxylation is 1. The Balaban J connectivity index is 2.44. The molecule has 0 spiro atoms. The van der Waals surface area contributed by atoms with Gasteiger partial charge in [0.15, 0.2) is 5.78 Å². The van der Waals surface area contributed by atoms with E-state index in [1.807, 2.05) is 43.0 Å². The van der Waals surface area contributed by atoms with Gasteiger partial charge >= 0.3 is 0 Å². The van der Waals surface area contributed by atoms with Crippen molar-refractivity contribution in [1.29, 1.82) is 0 Å². The van der Waals surface area contributed by atoms with Gasteiger partial charge in [-0.2, -0.15) is 0 Å². The number of benzene rings is 2. The fourth-order valence-electron chi connectivity index (χ4n) is 2.23. The Kier molecular flexibility index (Phi) is 4.18. The Morgan fingerprint density at radius 1 is 1.20 bits per heavy atom. The van der Waals surface area contributed by atoms with E-state index >= 15 is 0 Å². The maximum Gasteiger partial charge on any atom is 0.159 e. The fraction of sp³-hybridized carbons (Fsp3) is 0.235. The first kappa shape index (κ1) is 14.3. The van der Waals surface area contributed by atoms with Crippen LogP contribution in [0.15, 0.2) is 42.5 Å². The van der Waals surface area contributed by atoms with Crippen LogP contribution < -0.4 is 4.90 Å². The van der Waals surface area contributed by atoms with Crippen molar-refractivity contribution < 1.29 is 9.18 Å². The number of carbonyl (C=O) groups excluding carboxylic acids is 1. The van der Waals surface area contributed by atoms with Gasteiger partial charge in [0.25, 0.3) is 0 Å². The fourth-order valence-corrected chi connectivity index (χ4v) is 2.23. The molecule has 0 fully saturated rings. The molecule has 0 heterocycles. The predicted octanol–water partition coefficient (Wildman–Crippen LogP) is 4.49. The summed E-state index contributed by atoms with van der Waals surface area (Å²) in [5.74, 6) is -0.505. The molecular formula is C17H18FNO. The van der Waals surface area contributed by atoms with Crippen LogP contribution in [0.4, 0.5) is 15.8 Å². The van der Waals surface area contributed by atoms with Crippen molar-refractivity contribution in [3.63, 3.8) is 0 Å². The molecule has 0 amide bonds. The quantitative estimate of drug-likeness (QED) is 0.763. The minimum Gasteiger partial charge on any atom is -0.339 e. The Morgan fingerprint density at radius 3 is 2.50 bits per heavy atom. The van der Waals surface area contributed by atoms with Gasteiger partial charge in [-0.15, -0.1) is 0 Å². The topological polar surface area (TPSA) is 20.3 Å². The molecule has 2 aromatic rings. The number of hydrogen-bond acceptors (Lipinski definition) is 2. The van der Waals surface area contributed by atoms with E-state index in [1.54, 1.807) is 12.1 Å². The number of hydrogen-bond donors (Lipinski definition) is 0. The molecule has 0 N–H and O–H groups in total. The van der Waals surface area contributed by atoms with Crippen LogP contribution in [0.2, 0.25) is 0 Å². The minimum absolute atomic E-state index is 0.131. The first-order chi connectivity index (χ1) is 9.52. The van der Waals surface area contributed by atoms with Gasteiger partial charge in [0.05, 0.1) is 5.69 Å². The average Bonchev–Trinajstić information content (AvgIpc) is 2.41. The molecule has 104 valence electrons. The summed E-state index contributed by atoms with van der Waals surface area (Å²) >= 11 is 0. The third kappa shape index (κ3) is 2.87. The normalized spacial score (nSPS) is 10.4. The Labute approximate surface area is 118 Å². The number of Topliss-reactive ketones (excluding diaryl/α,β-unsaturated/α-hetero) is 1. The molecule has 2 nitrogen and oxygen atoms in total. The molecule has 0 atom stereocenters. The van der Waals surface area contributed by atoms with Crippen LogP contribution in [0, 0.1) is 12.7 Å². The molecule has 3 heteroatoms. The lowest BCUT2D eigenvalue weighted by molar-refractivity contribution is 0.101. The van der Waals surface area contributed by atoms with Crippen molar-refractivity contribution in [1.82, 2.24) is 0 Å². The number of rotatable bonds is 4. The maximum absolute atomic E-state index is 14.2. The van der Waals surface area contributed by atoms with Crippen molar-refractivity contribution in [2.24, 2.45) is 0 Å². The lowest BCUT2D eigenvalue weighted by atomic mass is 10.1. The zero-order valence-electron chi connectivity index (χ0n) is 12.0. The van der Waals surface area contributed by atoms with Crippen molar-refractivity contribution in [3.8, 4) is 0 Å². The Bertz CT molecular complexity index is 637. The summed E-state index contributed by atoms with van der Waals surface area (Å²) in [5, 5.41) is 0. The van der Waals surface area contributed by atoms with E-state index in [-0.39, 0.29) is 11.6 Å². The number of anilines is 2. The van der Waals surface area contributed by atoms with Crippen LogP contribution in [0.5, 0.6) is 0 Å². The molecule has 0 radical (unpaired) electrons. The summed E-state index contributed by atoms with van der Waals surface area (Å²) in [5.41, 5.74) is 2.96. The van der Waals surface area contributed by atoms with Gasteiger partial charge in [-0.3, -0.25) is 4.79 Å². The molecule has 0 bridgehead atoms. The Morgan fingerprint density at radius 2 is 1.95 bits per heavy atom. The second kappa shape index (κ2) is 5.87. The minimum atomic E-state index is -0.374. The van der Waals surface area contributed by atoms with Crippen LogP contribution in [0.1, 0.15) is 29.8 Å². The lowest BCUT2D eigenvalue weighted by Gasteiger charge is -2.24. The van der Waals surface area contributed by atoms with Gasteiger partial charge in [0.1, 0.15) is 5.82 Å². The summed E-state index contributed by atoms with van der Waals surface area (Å²) in [4.78, 5) is 13.2. The summed E-state index contributed by atoms with van der Waals surface area (Å²) < 4.78 is 14.2. The van der Waals surface area contributed by atoms with E-state index in [1.165, 1.54) is 13.0 Å². The van der Waals surface area contributed by atoms with Crippen LogP contribution in [0.3, 0.4) is 0 Å². The average molecular weight is 271 g/mol. The zero-order chi connectivity index (χ0) is 14.7. The second-order valence-corrected chi connectivity index (χ2v) is 4.81. The van der Waals surface area contributed by atoms with Gasteiger partial charge < -0.3 is 4.90 Å². The summed E-state index contributed by atoms with van der Waals surface area (Å²) in [6.07, 6.45) is 0. The molecule has 0 aliphatic rings. The van der Waals surface area contributed by atoms with Gasteiger partial charge in [0.2, 0.25) is 0 Å². The largest absolute Gasteiger partial charge is 0.339 e. The molecule has 0 aliphatic carbocycles. The first-order valence-corrected chi connectivity index (χ1v) is 6.67. The van der Waals surface area contributed by atoms with E-state index in [4.69, 9.17) is 0 Å². The first-order valence-electron chi connectivity index (χ1n) is 6.67. The zero-order valence-corrected chi connectivity index (χ0v) is 12.0. The lowest BCUT2D eigenvalue weighted by Crippen LogP contribution is -2.17. The molecule has 0 aliphatic heterocycles. The molecular weight excluding hydrogens is 253 g/mol. The SMILES string of the molecule is CCN(c1cccc(C)c1)c1ccc(C(C)=O)cc1F. The highest BCUT2D eigenvalue weighted by Gasteiger charge is 2.13. The number of nitrogens with zero attached hydrogens (tertiary/aromatic N) is 1. The number of carbonyl (C=O) groups is 1. The number of halogens is 1. The molecule has 0 saturated heterocycles. The summed E-state index contributed by atoms with van der Waals surface area (Å²) in [6, 6.07) is 12.6. The van der Waals surface area contributed by atoms with Crippen molar-refractivity contribution in [2.45, 2.75) is 20.8 Å². The van der Waals surface area contributed by atoms with Crippen LogP contribution in [-0.2, 0) is 0 Å². The highest BCUT2D eigenvalue weighted by Crippen LogP contribution is 2.28. The highest BCUT2D eigenvalue weighted by molar-refractivity contribution is 5.94. The third-order valence-corrected chi connectivity index (χ3v) is 3.27. The van der Waals surface area contributed by atoms with Gasteiger partial charge in [0, 0.05) is 17.8 Å². The highest BCUT2D eigenvalue weighted by atomic mass is 19.1. The van der Waals surface area contributed by atoms with Crippen molar-refractivity contribution in [2.75, 3.05) is 11.4 Å². The van der Waals surface area contributed by atoms with Crippen molar-refractivity contribution >= 4 is 17.2 Å². The number of ketones is 1. The molecule has 2 aromatic carbocycles. The summed E-state index contributed by atoms with van der Waals surface area (Å²) in [7, 11) is 0. The van der Waals surface area contributed by atoms with E-state index in [2.05, 4.69) is 0 Å². The molecule has 0 unspecified atom stereocenters. The van der Waals surface area contributed by atoms with Gasteiger partial charge in [-0.1, -0.05) is 12.1 Å².